The number of hydrogen-bond donors (Lipinski definition) is 2. The van der Waals surface area contributed by atoms with E-state index in [1.54, 1.807) is 17.5 Å². The number of rotatable bonds is 8. The van der Waals surface area contributed by atoms with Crippen LogP contribution in [0, 0.1) is 5.92 Å². The molecule has 180 valence electrons. The van der Waals surface area contributed by atoms with E-state index in [0.29, 0.717) is 35.7 Å². The summed E-state index contributed by atoms with van der Waals surface area (Å²) in [6.45, 7) is 0.664. The number of aromatic amines is 1. The Morgan fingerprint density at radius 2 is 2.06 bits per heavy atom. The molecule has 2 N–H and O–H groups in total. The molecule has 3 aromatic heterocycles. The number of carbonyl (C=O) groups is 1. The second-order valence-corrected chi connectivity index (χ2v) is 11.2. The summed E-state index contributed by atoms with van der Waals surface area (Å²) >= 11 is 3.06. The van der Waals surface area contributed by atoms with E-state index in [2.05, 4.69) is 20.3 Å². The highest BCUT2D eigenvalue weighted by Gasteiger charge is 2.20. The van der Waals surface area contributed by atoms with Crippen LogP contribution in [-0.2, 0) is 23.4 Å². The standard InChI is InChI=1S/C25H30N4O3S2/c30-21(29-23-18(10-6-12-26-23)32-13-16-7-2-1-3-8-16)15-33-14-20-27-24(31)22-17-9-4-5-11-19(17)34-25(22)28-20/h6,10,12,16H,1-5,7-9,11,13-15H2,(H,26,29,30)(H,27,28,31). The predicted molar refractivity (Wildman–Crippen MR) is 138 cm³/mol. The lowest BCUT2D eigenvalue weighted by Crippen LogP contribution is -2.19. The molecule has 7 nitrogen and oxygen atoms in total. The summed E-state index contributed by atoms with van der Waals surface area (Å²) in [7, 11) is 0. The van der Waals surface area contributed by atoms with Crippen molar-refractivity contribution in [2.24, 2.45) is 5.92 Å². The van der Waals surface area contributed by atoms with Crippen LogP contribution < -0.4 is 15.6 Å². The maximum absolute atomic E-state index is 12.7. The lowest BCUT2D eigenvalue weighted by atomic mass is 9.90. The van der Waals surface area contributed by atoms with Crippen molar-refractivity contribution in [2.75, 3.05) is 17.7 Å². The first-order valence-corrected chi connectivity index (χ1v) is 14.1. The van der Waals surface area contributed by atoms with E-state index >= 15 is 0 Å². The molecule has 0 unspecified atom stereocenters. The summed E-state index contributed by atoms with van der Waals surface area (Å²) in [6.07, 6.45) is 12.2. The number of ether oxygens (including phenoxy) is 1. The largest absolute Gasteiger partial charge is 0.489 e. The number of amides is 1. The van der Waals surface area contributed by atoms with Crippen LogP contribution in [0.15, 0.2) is 23.1 Å². The number of thioether (sulfide) groups is 1. The van der Waals surface area contributed by atoms with Gasteiger partial charge in [-0.25, -0.2) is 9.97 Å². The Kier molecular flexibility index (Phi) is 7.49. The minimum Gasteiger partial charge on any atom is -0.489 e. The van der Waals surface area contributed by atoms with Gasteiger partial charge in [-0.2, -0.15) is 0 Å². The maximum atomic E-state index is 12.7. The molecule has 0 spiro atoms. The van der Waals surface area contributed by atoms with Crippen molar-refractivity contribution in [3.63, 3.8) is 0 Å². The summed E-state index contributed by atoms with van der Waals surface area (Å²) in [5.41, 5.74) is 1.13. The summed E-state index contributed by atoms with van der Waals surface area (Å²) < 4.78 is 6.01. The summed E-state index contributed by atoms with van der Waals surface area (Å²) in [5, 5.41) is 3.64. The summed E-state index contributed by atoms with van der Waals surface area (Å²) in [4.78, 5) is 39.3. The molecule has 3 heterocycles. The molecule has 3 aromatic rings. The number of nitrogens with one attached hydrogen (secondary N) is 2. The van der Waals surface area contributed by atoms with Crippen LogP contribution in [0.1, 0.15) is 61.2 Å². The zero-order chi connectivity index (χ0) is 23.3. The number of carbonyl (C=O) groups excluding carboxylic acids is 1. The molecule has 0 bridgehead atoms. The fraction of sp³-hybridized carbons (Fsp3) is 0.520. The van der Waals surface area contributed by atoms with Gasteiger partial charge < -0.3 is 15.0 Å². The molecule has 34 heavy (non-hydrogen) atoms. The fourth-order valence-electron chi connectivity index (χ4n) is 4.85. The quantitative estimate of drug-likeness (QED) is 0.449. The highest BCUT2D eigenvalue weighted by atomic mass is 32.2. The van der Waals surface area contributed by atoms with Crippen LogP contribution in [0.5, 0.6) is 5.75 Å². The third-order valence-electron chi connectivity index (χ3n) is 6.57. The minimum atomic E-state index is -0.152. The fourth-order valence-corrected chi connectivity index (χ4v) is 6.82. The number of pyridine rings is 1. The molecule has 9 heteroatoms. The first kappa shape index (κ1) is 23.4. The van der Waals surface area contributed by atoms with Crippen molar-refractivity contribution >= 4 is 45.0 Å². The van der Waals surface area contributed by atoms with Crippen molar-refractivity contribution in [3.05, 3.63) is 44.9 Å². The second-order valence-electron chi connectivity index (χ2n) is 9.11. The van der Waals surface area contributed by atoms with Crippen molar-refractivity contribution in [1.82, 2.24) is 15.0 Å². The Morgan fingerprint density at radius 3 is 2.94 bits per heavy atom. The molecule has 0 aromatic carbocycles. The minimum absolute atomic E-state index is 0.0577. The molecule has 2 aliphatic carbocycles. The van der Waals surface area contributed by atoms with Crippen molar-refractivity contribution in [2.45, 2.75) is 63.5 Å². The molecular weight excluding hydrogens is 468 g/mol. The number of aryl methyl sites for hydroxylation is 2. The van der Waals surface area contributed by atoms with Crippen molar-refractivity contribution < 1.29 is 9.53 Å². The molecular formula is C25H30N4O3S2. The lowest BCUT2D eigenvalue weighted by Gasteiger charge is -2.22. The van der Waals surface area contributed by atoms with Gasteiger partial charge in [-0.15, -0.1) is 23.1 Å². The van der Waals surface area contributed by atoms with E-state index in [0.717, 1.165) is 29.5 Å². The Hall–Kier alpha value is -2.39. The topological polar surface area (TPSA) is 97.0 Å². The number of hydrogen-bond acceptors (Lipinski definition) is 7. The summed E-state index contributed by atoms with van der Waals surface area (Å²) in [5.74, 6) is 2.82. The van der Waals surface area contributed by atoms with Gasteiger partial charge in [0.25, 0.3) is 5.56 Å². The average molecular weight is 499 g/mol. The van der Waals surface area contributed by atoms with Gasteiger partial charge in [0.2, 0.25) is 5.91 Å². The Morgan fingerprint density at radius 1 is 1.21 bits per heavy atom. The first-order chi connectivity index (χ1) is 16.7. The SMILES string of the molecule is O=C(CSCc1nc2sc3c(c2c(=O)[nH]1)CCCC3)Nc1ncccc1OCC1CCCCC1. The highest BCUT2D eigenvalue weighted by Crippen LogP contribution is 2.33. The van der Waals surface area contributed by atoms with E-state index in [1.165, 1.54) is 60.7 Å². The normalized spacial score (nSPS) is 16.4. The van der Waals surface area contributed by atoms with Crippen molar-refractivity contribution in [3.8, 4) is 5.75 Å². The van der Waals surface area contributed by atoms with E-state index in [-0.39, 0.29) is 17.2 Å². The smallest absolute Gasteiger partial charge is 0.259 e. The van der Waals surface area contributed by atoms with Crippen molar-refractivity contribution in [1.29, 1.82) is 0 Å². The molecule has 0 saturated heterocycles. The van der Waals surface area contributed by atoms with Crippen LogP contribution in [0.3, 0.4) is 0 Å². The molecule has 5 rings (SSSR count). The molecule has 1 saturated carbocycles. The van der Waals surface area contributed by atoms with E-state index in [9.17, 15) is 9.59 Å². The van der Waals surface area contributed by atoms with Gasteiger partial charge in [-0.05, 0) is 62.1 Å². The number of aromatic nitrogens is 3. The van der Waals surface area contributed by atoms with Gasteiger partial charge in [0, 0.05) is 11.1 Å². The second kappa shape index (κ2) is 10.9. The monoisotopic (exact) mass is 498 g/mol. The average Bonchev–Trinajstić information content (AvgIpc) is 3.23. The van der Waals surface area contributed by atoms with Crippen LogP contribution in [0.4, 0.5) is 5.82 Å². The zero-order valence-corrected chi connectivity index (χ0v) is 20.9. The number of anilines is 1. The Bertz CT molecular complexity index is 1220. The molecule has 2 aliphatic rings. The third kappa shape index (κ3) is 5.46. The molecule has 0 aliphatic heterocycles. The summed E-state index contributed by atoms with van der Waals surface area (Å²) in [6, 6.07) is 3.67. The van der Waals surface area contributed by atoms with Crippen LogP contribution in [0.2, 0.25) is 0 Å². The number of nitrogens with zero attached hydrogens (tertiary/aromatic N) is 2. The van der Waals surface area contributed by atoms with Gasteiger partial charge in [-0.3, -0.25) is 9.59 Å². The van der Waals surface area contributed by atoms with E-state index in [4.69, 9.17) is 4.74 Å². The van der Waals surface area contributed by atoms with Gasteiger partial charge in [0.05, 0.1) is 23.5 Å². The van der Waals surface area contributed by atoms with Gasteiger partial charge in [-0.1, -0.05) is 19.3 Å². The highest BCUT2D eigenvalue weighted by molar-refractivity contribution is 7.99. The molecule has 0 atom stereocenters. The Labute approximate surface area is 207 Å². The van der Waals surface area contributed by atoms with Gasteiger partial charge >= 0.3 is 0 Å². The van der Waals surface area contributed by atoms with Crippen LogP contribution in [-0.4, -0.2) is 33.2 Å². The predicted octanol–water partition coefficient (Wildman–Crippen LogP) is 5.09. The van der Waals surface area contributed by atoms with E-state index in [1.807, 2.05) is 12.1 Å². The zero-order valence-electron chi connectivity index (χ0n) is 19.2. The van der Waals surface area contributed by atoms with E-state index < -0.39 is 0 Å². The molecule has 0 radical (unpaired) electrons. The number of fused-ring (bicyclic) bond motifs is 3. The molecule has 1 fully saturated rings. The van der Waals surface area contributed by atoms with Crippen LogP contribution >= 0.6 is 23.1 Å². The number of H-pyrrole nitrogens is 1. The maximum Gasteiger partial charge on any atom is 0.259 e. The van der Waals surface area contributed by atoms with Crippen LogP contribution in [0.25, 0.3) is 10.2 Å². The number of thiophene rings is 1. The molecule has 1 amide bonds. The third-order valence-corrected chi connectivity index (χ3v) is 8.70. The lowest BCUT2D eigenvalue weighted by molar-refractivity contribution is -0.113. The van der Waals surface area contributed by atoms with Gasteiger partial charge in [0.15, 0.2) is 11.6 Å². The Balaban J connectivity index is 1.16. The van der Waals surface area contributed by atoms with Gasteiger partial charge in [0.1, 0.15) is 10.7 Å². The first-order valence-electron chi connectivity index (χ1n) is 12.2.